The molecule has 1 aliphatic heterocycles. The molecule has 28 heavy (non-hydrogen) atoms. The molecule has 1 amide bonds. The maximum Gasteiger partial charge on any atom is 0.341 e. The molecule has 1 fully saturated rings. The first-order valence-corrected chi connectivity index (χ1v) is 9.84. The van der Waals surface area contributed by atoms with Crippen molar-refractivity contribution in [3.8, 4) is 0 Å². The van der Waals surface area contributed by atoms with E-state index in [-0.39, 0.29) is 5.91 Å². The zero-order chi connectivity index (χ0) is 20.1. The maximum absolute atomic E-state index is 12.7. The Morgan fingerprint density at radius 1 is 1.11 bits per heavy atom. The lowest BCUT2D eigenvalue weighted by Gasteiger charge is -2.33. The minimum Gasteiger partial charge on any atom is -0.449 e. The molecule has 148 valence electrons. The largest absolute Gasteiger partial charge is 0.449 e. The van der Waals surface area contributed by atoms with E-state index < -0.39 is 12.1 Å². The Morgan fingerprint density at radius 3 is 2.46 bits per heavy atom. The summed E-state index contributed by atoms with van der Waals surface area (Å²) in [5.41, 5.74) is 8.82. The number of nitrogen functional groups attached to an aromatic ring is 1. The molecule has 2 aromatic rings. The van der Waals surface area contributed by atoms with Crippen LogP contribution in [0.1, 0.15) is 41.3 Å². The van der Waals surface area contributed by atoms with Crippen LogP contribution < -0.4 is 5.73 Å². The molecule has 0 spiro atoms. The average Bonchev–Trinajstić information content (AvgIpc) is 2.70. The number of esters is 1. The predicted molar refractivity (Wildman–Crippen MR) is 110 cm³/mol. The molecule has 1 aliphatic rings. The van der Waals surface area contributed by atoms with Gasteiger partial charge < -0.3 is 15.4 Å². The number of likely N-dealkylation sites (tertiary alicyclic amines) is 1. The highest BCUT2D eigenvalue weighted by Crippen LogP contribution is 2.23. The molecule has 3 rings (SSSR count). The summed E-state index contributed by atoms with van der Waals surface area (Å²) in [6.07, 6.45) is 2.15. The van der Waals surface area contributed by atoms with Crippen LogP contribution in [0, 0.1) is 12.8 Å². The van der Waals surface area contributed by atoms with Crippen LogP contribution in [0.15, 0.2) is 48.5 Å². The van der Waals surface area contributed by atoms with Gasteiger partial charge in [0, 0.05) is 18.8 Å². The second kappa shape index (κ2) is 8.91. The number of nitrogens with two attached hydrogens (primary N) is 1. The van der Waals surface area contributed by atoms with E-state index in [0.717, 1.165) is 24.8 Å². The minimum atomic E-state index is -0.821. The second-order valence-corrected chi connectivity index (χ2v) is 7.54. The summed E-state index contributed by atoms with van der Waals surface area (Å²) < 4.78 is 5.40. The van der Waals surface area contributed by atoms with E-state index in [9.17, 15) is 9.59 Å². The third-order valence-corrected chi connectivity index (χ3v) is 5.47. The highest BCUT2D eigenvalue weighted by Gasteiger charge is 2.28. The number of ether oxygens (including phenoxy) is 1. The number of carbonyl (C=O) groups is 2. The van der Waals surface area contributed by atoms with Gasteiger partial charge in [-0.2, -0.15) is 0 Å². The Hall–Kier alpha value is -2.82. The average molecular weight is 380 g/mol. The Morgan fingerprint density at radius 2 is 1.79 bits per heavy atom. The van der Waals surface area contributed by atoms with E-state index in [4.69, 9.17) is 10.5 Å². The third kappa shape index (κ3) is 4.71. The number of rotatable bonds is 5. The van der Waals surface area contributed by atoms with Crippen molar-refractivity contribution in [1.82, 2.24) is 4.90 Å². The normalized spacial score (nSPS) is 15.9. The number of piperidine rings is 1. The Balaban J connectivity index is 1.51. The number of anilines is 1. The van der Waals surface area contributed by atoms with Gasteiger partial charge in [0.25, 0.3) is 5.91 Å². The van der Waals surface area contributed by atoms with Crippen LogP contribution in [0.2, 0.25) is 0 Å². The summed E-state index contributed by atoms with van der Waals surface area (Å²) in [5.74, 6) is -0.116. The van der Waals surface area contributed by atoms with Crippen LogP contribution in [0.5, 0.6) is 0 Å². The van der Waals surface area contributed by atoms with Crippen LogP contribution in [-0.2, 0) is 16.0 Å². The van der Waals surface area contributed by atoms with Crippen molar-refractivity contribution in [3.05, 3.63) is 65.2 Å². The fourth-order valence-electron chi connectivity index (χ4n) is 3.70. The number of hydrogen-bond donors (Lipinski definition) is 1. The first kappa shape index (κ1) is 19.9. The molecule has 1 heterocycles. The quantitative estimate of drug-likeness (QED) is 0.635. The van der Waals surface area contributed by atoms with Gasteiger partial charge in [0.15, 0.2) is 6.10 Å². The number of hydrogen-bond acceptors (Lipinski definition) is 4. The van der Waals surface area contributed by atoms with Crippen molar-refractivity contribution < 1.29 is 14.3 Å². The van der Waals surface area contributed by atoms with Crippen LogP contribution in [0.4, 0.5) is 5.69 Å². The molecule has 5 nitrogen and oxygen atoms in total. The van der Waals surface area contributed by atoms with Gasteiger partial charge in [-0.3, -0.25) is 4.79 Å². The maximum atomic E-state index is 12.7. The van der Waals surface area contributed by atoms with Gasteiger partial charge >= 0.3 is 5.97 Å². The van der Waals surface area contributed by atoms with Gasteiger partial charge in [-0.1, -0.05) is 42.5 Å². The predicted octanol–water partition coefficient (Wildman–Crippen LogP) is 3.60. The number of benzene rings is 2. The number of para-hydroxylation sites is 1. The molecule has 0 saturated carbocycles. The first-order chi connectivity index (χ1) is 13.5. The van der Waals surface area contributed by atoms with Gasteiger partial charge in [0.2, 0.25) is 0 Å². The second-order valence-electron chi connectivity index (χ2n) is 7.54. The zero-order valence-corrected chi connectivity index (χ0v) is 16.6. The molecule has 5 heteroatoms. The number of aryl methyl sites for hydroxylation is 1. The van der Waals surface area contributed by atoms with Gasteiger partial charge in [-0.25, -0.2) is 4.79 Å². The van der Waals surface area contributed by atoms with Gasteiger partial charge in [0.05, 0.1) is 5.56 Å². The van der Waals surface area contributed by atoms with Gasteiger partial charge in [-0.05, 0) is 56.2 Å². The topological polar surface area (TPSA) is 72.6 Å². The molecule has 2 N–H and O–H groups in total. The van der Waals surface area contributed by atoms with Crippen molar-refractivity contribution in [2.75, 3.05) is 18.8 Å². The highest BCUT2D eigenvalue weighted by atomic mass is 16.5. The zero-order valence-electron chi connectivity index (χ0n) is 16.6. The molecule has 1 saturated heterocycles. The van der Waals surface area contributed by atoms with Crippen LogP contribution in [0.25, 0.3) is 0 Å². The van der Waals surface area contributed by atoms with Crippen LogP contribution in [0.3, 0.4) is 0 Å². The van der Waals surface area contributed by atoms with Crippen molar-refractivity contribution in [2.45, 2.75) is 39.2 Å². The summed E-state index contributed by atoms with van der Waals surface area (Å²) in [7, 11) is 0. The summed E-state index contributed by atoms with van der Waals surface area (Å²) in [6.45, 7) is 4.86. The Bertz CT molecular complexity index is 827. The van der Waals surface area contributed by atoms with Crippen LogP contribution >= 0.6 is 0 Å². The lowest BCUT2D eigenvalue weighted by Crippen LogP contribution is -2.44. The molecule has 0 bridgehead atoms. The van der Waals surface area contributed by atoms with Crippen molar-refractivity contribution in [2.24, 2.45) is 5.92 Å². The molecular weight excluding hydrogens is 352 g/mol. The van der Waals surface area contributed by atoms with Crippen molar-refractivity contribution in [1.29, 1.82) is 0 Å². The van der Waals surface area contributed by atoms with Gasteiger partial charge in [0.1, 0.15) is 0 Å². The summed E-state index contributed by atoms with van der Waals surface area (Å²) in [5, 5.41) is 0. The molecule has 0 aromatic heterocycles. The first-order valence-electron chi connectivity index (χ1n) is 9.84. The summed E-state index contributed by atoms with van der Waals surface area (Å²) in [6, 6.07) is 15.7. The lowest BCUT2D eigenvalue weighted by atomic mass is 9.90. The molecule has 2 aromatic carbocycles. The van der Waals surface area contributed by atoms with E-state index in [0.29, 0.717) is 30.3 Å². The van der Waals surface area contributed by atoms with Gasteiger partial charge in [-0.15, -0.1) is 0 Å². The van der Waals surface area contributed by atoms with Crippen molar-refractivity contribution >= 4 is 17.6 Å². The smallest absolute Gasteiger partial charge is 0.341 e. The van der Waals surface area contributed by atoms with E-state index in [1.54, 1.807) is 24.0 Å². The molecular formula is C23H28N2O3. The molecule has 0 radical (unpaired) electrons. The summed E-state index contributed by atoms with van der Waals surface area (Å²) >= 11 is 0. The fourth-order valence-corrected chi connectivity index (χ4v) is 3.70. The Kier molecular flexibility index (Phi) is 6.34. The number of nitrogens with zero attached hydrogens (tertiary/aromatic N) is 1. The number of amides is 1. The molecule has 1 atom stereocenters. The number of carbonyl (C=O) groups excluding carboxylic acids is 2. The monoisotopic (exact) mass is 380 g/mol. The van der Waals surface area contributed by atoms with E-state index in [2.05, 4.69) is 24.3 Å². The SMILES string of the molecule is Cc1cccc(C(=O)O[C@H](C)C(=O)N2CCC(Cc3ccccc3)CC2)c1N. The van der Waals surface area contributed by atoms with Crippen molar-refractivity contribution in [3.63, 3.8) is 0 Å². The van der Waals surface area contributed by atoms with Crippen LogP contribution in [-0.4, -0.2) is 36.0 Å². The fraction of sp³-hybridized carbons (Fsp3) is 0.391. The minimum absolute atomic E-state index is 0.141. The third-order valence-electron chi connectivity index (χ3n) is 5.47. The highest BCUT2D eigenvalue weighted by molar-refractivity contribution is 5.97. The van der Waals surface area contributed by atoms with E-state index in [1.807, 2.05) is 19.1 Å². The van der Waals surface area contributed by atoms with E-state index >= 15 is 0 Å². The lowest BCUT2D eigenvalue weighted by molar-refractivity contribution is -0.141. The summed E-state index contributed by atoms with van der Waals surface area (Å²) in [4.78, 5) is 26.9. The molecule has 0 unspecified atom stereocenters. The standard InChI is InChI=1S/C23H28N2O3/c1-16-7-6-10-20(21(16)24)23(27)28-17(2)22(26)25-13-11-19(12-14-25)15-18-8-4-3-5-9-18/h3-10,17,19H,11-15,24H2,1-2H3/t17-/m1/s1. The Labute approximate surface area is 166 Å². The van der Waals surface area contributed by atoms with E-state index in [1.165, 1.54) is 5.56 Å². The molecule has 0 aliphatic carbocycles.